The van der Waals surface area contributed by atoms with E-state index in [1.54, 1.807) is 19.2 Å². The van der Waals surface area contributed by atoms with Crippen molar-refractivity contribution in [2.24, 2.45) is 0 Å². The van der Waals surface area contributed by atoms with Crippen LogP contribution in [0.3, 0.4) is 0 Å². The van der Waals surface area contributed by atoms with E-state index >= 15 is 0 Å². The first-order chi connectivity index (χ1) is 11.7. The van der Waals surface area contributed by atoms with Crippen molar-refractivity contribution >= 4 is 17.4 Å². The Kier molecular flexibility index (Phi) is 6.24. The number of nitrogens with zero attached hydrogens (tertiary/aromatic N) is 2. The molecule has 0 bridgehead atoms. The summed E-state index contributed by atoms with van der Waals surface area (Å²) in [5.74, 6) is 0.128. The quantitative estimate of drug-likeness (QED) is 0.839. The van der Waals surface area contributed by atoms with Gasteiger partial charge in [-0.15, -0.1) is 11.3 Å². The Morgan fingerprint density at radius 2 is 2.00 bits per heavy atom. The Balaban J connectivity index is 1.79. The lowest BCUT2D eigenvalue weighted by Crippen LogP contribution is -2.36. The number of halogens is 3. The van der Waals surface area contributed by atoms with E-state index in [-0.39, 0.29) is 18.3 Å². The Hall–Kier alpha value is -2.29. The van der Waals surface area contributed by atoms with Crippen molar-refractivity contribution in [3.63, 3.8) is 0 Å². The molecule has 9 heteroatoms. The fraction of sp³-hybridized carbons (Fsp3) is 0.375. The molecular weight excluding hydrogens is 355 g/mol. The topological polar surface area (TPSA) is 54.5 Å². The standard InChI is InChI=1S/C16H18F3N3O2S/c1-11-21-13(9-25-11)8-22(2)15(23)20-7-12-3-5-14(6-4-12)24-10-16(17,18)19/h3-6,9H,7-8,10H2,1-2H3,(H,20,23). The average molecular weight is 373 g/mol. The molecule has 0 atom stereocenters. The second-order valence-electron chi connectivity index (χ2n) is 5.42. The Bertz CT molecular complexity index is 701. The molecule has 2 amide bonds. The Morgan fingerprint density at radius 1 is 1.32 bits per heavy atom. The van der Waals surface area contributed by atoms with Gasteiger partial charge >= 0.3 is 12.2 Å². The van der Waals surface area contributed by atoms with Crippen LogP contribution in [0.5, 0.6) is 5.75 Å². The number of carbonyl (C=O) groups excluding carboxylic acids is 1. The van der Waals surface area contributed by atoms with Crippen LogP contribution in [0.25, 0.3) is 0 Å². The van der Waals surface area contributed by atoms with Gasteiger partial charge in [0, 0.05) is 19.0 Å². The van der Waals surface area contributed by atoms with E-state index < -0.39 is 12.8 Å². The lowest BCUT2D eigenvalue weighted by atomic mass is 10.2. The number of alkyl halides is 3. The van der Waals surface area contributed by atoms with Crippen LogP contribution in [-0.2, 0) is 13.1 Å². The van der Waals surface area contributed by atoms with Crippen LogP contribution in [0.15, 0.2) is 29.6 Å². The number of amides is 2. The predicted octanol–water partition coefficient (Wildman–Crippen LogP) is 3.73. The summed E-state index contributed by atoms with van der Waals surface area (Å²) < 4.78 is 40.9. The van der Waals surface area contributed by atoms with Gasteiger partial charge < -0.3 is 15.0 Å². The number of aromatic nitrogens is 1. The van der Waals surface area contributed by atoms with Gasteiger partial charge in [-0.05, 0) is 24.6 Å². The SMILES string of the molecule is Cc1nc(CN(C)C(=O)NCc2ccc(OCC(F)(F)F)cc2)cs1. The molecule has 0 aliphatic heterocycles. The van der Waals surface area contributed by atoms with Gasteiger partial charge in [-0.2, -0.15) is 13.2 Å². The van der Waals surface area contributed by atoms with E-state index in [0.717, 1.165) is 16.3 Å². The summed E-state index contributed by atoms with van der Waals surface area (Å²) in [6.07, 6.45) is -4.37. The molecule has 25 heavy (non-hydrogen) atoms. The second-order valence-corrected chi connectivity index (χ2v) is 6.48. The summed E-state index contributed by atoms with van der Waals surface area (Å²) in [6, 6.07) is 5.83. The van der Waals surface area contributed by atoms with E-state index in [1.165, 1.54) is 28.4 Å². The summed E-state index contributed by atoms with van der Waals surface area (Å²) in [7, 11) is 1.66. The first-order valence-corrected chi connectivity index (χ1v) is 8.29. The largest absolute Gasteiger partial charge is 0.484 e. The van der Waals surface area contributed by atoms with Crippen LogP contribution in [0.2, 0.25) is 0 Å². The molecule has 2 aromatic rings. The molecule has 0 spiro atoms. The molecule has 0 radical (unpaired) electrons. The van der Waals surface area contributed by atoms with Gasteiger partial charge in [-0.3, -0.25) is 0 Å². The molecule has 1 heterocycles. The highest BCUT2D eigenvalue weighted by molar-refractivity contribution is 7.09. The number of benzene rings is 1. The summed E-state index contributed by atoms with van der Waals surface area (Å²) >= 11 is 1.52. The van der Waals surface area contributed by atoms with Crippen molar-refractivity contribution in [1.82, 2.24) is 15.2 Å². The van der Waals surface area contributed by atoms with Gasteiger partial charge in [0.15, 0.2) is 6.61 Å². The molecule has 0 aliphatic rings. The molecule has 1 aromatic carbocycles. The molecule has 0 saturated carbocycles. The molecule has 136 valence electrons. The molecule has 2 rings (SSSR count). The fourth-order valence-corrected chi connectivity index (χ4v) is 2.58. The molecule has 0 aliphatic carbocycles. The normalized spacial score (nSPS) is 11.2. The third-order valence-corrected chi connectivity index (χ3v) is 4.00. The van der Waals surface area contributed by atoms with Gasteiger partial charge in [0.25, 0.3) is 0 Å². The number of hydrogen-bond acceptors (Lipinski definition) is 4. The van der Waals surface area contributed by atoms with Crippen molar-refractivity contribution in [3.8, 4) is 5.75 Å². The Morgan fingerprint density at radius 3 is 2.56 bits per heavy atom. The van der Waals surface area contributed by atoms with Gasteiger partial charge in [0.1, 0.15) is 5.75 Å². The van der Waals surface area contributed by atoms with Crippen LogP contribution in [0, 0.1) is 6.92 Å². The van der Waals surface area contributed by atoms with Crippen LogP contribution >= 0.6 is 11.3 Å². The van der Waals surface area contributed by atoms with Crippen LogP contribution in [-0.4, -0.2) is 35.7 Å². The van der Waals surface area contributed by atoms with Crippen LogP contribution < -0.4 is 10.1 Å². The summed E-state index contributed by atoms with van der Waals surface area (Å²) in [6.45, 7) is 1.24. The average Bonchev–Trinajstić information content (AvgIpc) is 2.95. The van der Waals surface area contributed by atoms with Crippen molar-refractivity contribution in [3.05, 3.63) is 45.9 Å². The zero-order valence-electron chi connectivity index (χ0n) is 13.8. The smallest absolute Gasteiger partial charge is 0.422 e. The summed E-state index contributed by atoms with van der Waals surface area (Å²) in [5, 5.41) is 5.59. The van der Waals surface area contributed by atoms with Crippen LogP contribution in [0.4, 0.5) is 18.0 Å². The highest BCUT2D eigenvalue weighted by Crippen LogP contribution is 2.18. The highest BCUT2D eigenvalue weighted by atomic mass is 32.1. The number of hydrogen-bond donors (Lipinski definition) is 1. The van der Waals surface area contributed by atoms with E-state index in [2.05, 4.69) is 15.0 Å². The monoisotopic (exact) mass is 373 g/mol. The lowest BCUT2D eigenvalue weighted by Gasteiger charge is -2.17. The molecule has 1 N–H and O–H groups in total. The highest BCUT2D eigenvalue weighted by Gasteiger charge is 2.28. The van der Waals surface area contributed by atoms with Crippen molar-refractivity contribution < 1.29 is 22.7 Å². The van der Waals surface area contributed by atoms with E-state index in [0.29, 0.717) is 6.54 Å². The maximum atomic E-state index is 12.1. The van der Waals surface area contributed by atoms with E-state index in [1.807, 2.05) is 12.3 Å². The molecular formula is C16H18F3N3O2S. The van der Waals surface area contributed by atoms with Crippen molar-refractivity contribution in [2.45, 2.75) is 26.2 Å². The zero-order valence-corrected chi connectivity index (χ0v) is 14.6. The van der Waals surface area contributed by atoms with E-state index in [4.69, 9.17) is 0 Å². The molecule has 1 aromatic heterocycles. The fourth-order valence-electron chi connectivity index (χ4n) is 1.98. The minimum atomic E-state index is -4.37. The third-order valence-electron chi connectivity index (χ3n) is 3.18. The second kappa shape index (κ2) is 8.19. The van der Waals surface area contributed by atoms with Crippen molar-refractivity contribution in [1.29, 1.82) is 0 Å². The van der Waals surface area contributed by atoms with Crippen LogP contribution in [0.1, 0.15) is 16.3 Å². The molecule has 5 nitrogen and oxygen atoms in total. The number of urea groups is 1. The van der Waals surface area contributed by atoms with Gasteiger partial charge in [-0.25, -0.2) is 9.78 Å². The molecule has 0 saturated heterocycles. The maximum absolute atomic E-state index is 12.1. The number of aryl methyl sites for hydroxylation is 1. The molecule has 0 unspecified atom stereocenters. The van der Waals surface area contributed by atoms with Gasteiger partial charge in [0.05, 0.1) is 17.2 Å². The predicted molar refractivity (Wildman–Crippen MR) is 88.5 cm³/mol. The van der Waals surface area contributed by atoms with Gasteiger partial charge in [0.2, 0.25) is 0 Å². The van der Waals surface area contributed by atoms with Crippen molar-refractivity contribution in [2.75, 3.05) is 13.7 Å². The third kappa shape index (κ3) is 6.61. The molecule has 0 fully saturated rings. The number of rotatable bonds is 6. The number of ether oxygens (including phenoxy) is 1. The Labute approximate surface area is 147 Å². The first kappa shape index (κ1) is 19.0. The number of carbonyl (C=O) groups is 1. The number of nitrogens with one attached hydrogen (secondary N) is 1. The minimum Gasteiger partial charge on any atom is -0.484 e. The zero-order chi connectivity index (χ0) is 18.4. The minimum absolute atomic E-state index is 0.128. The summed E-state index contributed by atoms with van der Waals surface area (Å²) in [5.41, 5.74) is 1.58. The maximum Gasteiger partial charge on any atom is 0.422 e. The summed E-state index contributed by atoms with van der Waals surface area (Å²) in [4.78, 5) is 17.9. The van der Waals surface area contributed by atoms with Gasteiger partial charge in [-0.1, -0.05) is 12.1 Å². The number of thiazole rings is 1. The lowest BCUT2D eigenvalue weighted by molar-refractivity contribution is -0.153. The van der Waals surface area contributed by atoms with E-state index in [9.17, 15) is 18.0 Å². The first-order valence-electron chi connectivity index (χ1n) is 7.41.